The van der Waals surface area contributed by atoms with Crippen molar-refractivity contribution >= 4 is 33.2 Å². The van der Waals surface area contributed by atoms with Crippen LogP contribution in [-0.2, 0) is 14.8 Å². The van der Waals surface area contributed by atoms with E-state index in [0.29, 0.717) is 22.5 Å². The molecule has 5 nitrogen and oxygen atoms in total. The van der Waals surface area contributed by atoms with Crippen LogP contribution in [0.15, 0.2) is 47.4 Å². The van der Waals surface area contributed by atoms with Gasteiger partial charge in [-0.05, 0) is 74.8 Å². The standard InChI is InChI=1S/C23H27ClN2O3S/c1-15-3-9-20(10-4-15)30(28,29)26(19-8-5-16(2)21(24)13-19)14-23(27)25-22-12-17-6-7-18(22)11-17/h3-5,8-10,13,17-18,22H,6-7,11-12,14H2,1-2H3,(H,25,27)/t17-,18-,22-/m1/s1. The lowest BCUT2D eigenvalue weighted by Crippen LogP contribution is -2.46. The molecule has 4 rings (SSSR count). The van der Waals surface area contributed by atoms with E-state index >= 15 is 0 Å². The van der Waals surface area contributed by atoms with Crippen molar-refractivity contribution in [1.82, 2.24) is 5.32 Å². The van der Waals surface area contributed by atoms with E-state index in [1.807, 2.05) is 13.8 Å². The summed E-state index contributed by atoms with van der Waals surface area (Å²) in [5.74, 6) is 0.943. The zero-order chi connectivity index (χ0) is 21.5. The first-order valence-corrected chi connectivity index (χ1v) is 12.2. The van der Waals surface area contributed by atoms with E-state index in [1.54, 1.807) is 42.5 Å². The summed E-state index contributed by atoms with van der Waals surface area (Å²) in [6.07, 6.45) is 4.56. The summed E-state index contributed by atoms with van der Waals surface area (Å²) in [7, 11) is -3.93. The molecule has 0 aliphatic heterocycles. The number of nitrogens with zero attached hydrogens (tertiary/aromatic N) is 1. The number of halogens is 1. The van der Waals surface area contributed by atoms with E-state index < -0.39 is 10.0 Å². The number of sulfonamides is 1. The van der Waals surface area contributed by atoms with E-state index in [2.05, 4.69) is 5.32 Å². The summed E-state index contributed by atoms with van der Waals surface area (Å²) in [5.41, 5.74) is 2.20. The molecule has 0 saturated heterocycles. The van der Waals surface area contributed by atoms with Gasteiger partial charge in [0.1, 0.15) is 6.54 Å². The third-order valence-electron chi connectivity index (χ3n) is 6.42. The van der Waals surface area contributed by atoms with Gasteiger partial charge in [-0.25, -0.2) is 8.42 Å². The number of fused-ring (bicyclic) bond motifs is 2. The molecule has 2 aromatic rings. The predicted molar refractivity (Wildman–Crippen MR) is 119 cm³/mol. The van der Waals surface area contributed by atoms with Crippen LogP contribution >= 0.6 is 11.6 Å². The quantitative estimate of drug-likeness (QED) is 0.712. The molecule has 7 heteroatoms. The van der Waals surface area contributed by atoms with Crippen molar-refractivity contribution in [2.24, 2.45) is 11.8 Å². The van der Waals surface area contributed by atoms with E-state index in [0.717, 1.165) is 28.3 Å². The molecular formula is C23H27ClN2O3S. The number of nitrogens with one attached hydrogen (secondary N) is 1. The first kappa shape index (κ1) is 21.2. The van der Waals surface area contributed by atoms with Crippen LogP contribution in [0.25, 0.3) is 0 Å². The minimum Gasteiger partial charge on any atom is -0.352 e. The van der Waals surface area contributed by atoms with Crippen LogP contribution in [0.2, 0.25) is 5.02 Å². The molecule has 1 amide bonds. The molecule has 0 radical (unpaired) electrons. The largest absolute Gasteiger partial charge is 0.352 e. The summed E-state index contributed by atoms with van der Waals surface area (Å²) in [6, 6.07) is 11.9. The van der Waals surface area contributed by atoms with Gasteiger partial charge in [0.05, 0.1) is 10.6 Å². The number of aryl methyl sites for hydroxylation is 2. The fourth-order valence-electron chi connectivity index (χ4n) is 4.69. The molecule has 2 fully saturated rings. The Balaban J connectivity index is 1.62. The predicted octanol–water partition coefficient (Wildman–Crippen LogP) is 4.46. The lowest BCUT2D eigenvalue weighted by Gasteiger charge is -2.27. The molecule has 2 aromatic carbocycles. The highest BCUT2D eigenvalue weighted by atomic mass is 35.5. The Morgan fingerprint density at radius 1 is 1.10 bits per heavy atom. The fourth-order valence-corrected chi connectivity index (χ4v) is 6.28. The lowest BCUT2D eigenvalue weighted by atomic mass is 9.95. The molecule has 2 bridgehead atoms. The van der Waals surface area contributed by atoms with Crippen LogP contribution in [0.3, 0.4) is 0 Å². The first-order valence-electron chi connectivity index (χ1n) is 10.4. The van der Waals surface area contributed by atoms with Crippen molar-refractivity contribution in [2.45, 2.75) is 50.5 Å². The van der Waals surface area contributed by atoms with Gasteiger partial charge >= 0.3 is 0 Å². The van der Waals surface area contributed by atoms with E-state index in [-0.39, 0.29) is 23.4 Å². The van der Waals surface area contributed by atoms with Gasteiger partial charge in [0.2, 0.25) is 5.91 Å². The Kier molecular flexibility index (Phi) is 5.82. The summed E-state index contributed by atoms with van der Waals surface area (Å²) in [5, 5.41) is 3.55. The third kappa shape index (κ3) is 4.21. The van der Waals surface area contributed by atoms with Gasteiger partial charge in [0.25, 0.3) is 10.0 Å². The van der Waals surface area contributed by atoms with Crippen LogP contribution in [0.1, 0.15) is 36.8 Å². The maximum absolute atomic E-state index is 13.4. The summed E-state index contributed by atoms with van der Waals surface area (Å²) in [4.78, 5) is 13.0. The Labute approximate surface area is 183 Å². The number of hydrogen-bond acceptors (Lipinski definition) is 3. The Hall–Kier alpha value is -2.05. The molecule has 2 aliphatic rings. The molecule has 2 aliphatic carbocycles. The molecule has 160 valence electrons. The van der Waals surface area contributed by atoms with Gasteiger partial charge in [-0.1, -0.05) is 41.8 Å². The van der Waals surface area contributed by atoms with Gasteiger partial charge in [0, 0.05) is 11.1 Å². The van der Waals surface area contributed by atoms with E-state index in [1.165, 1.54) is 12.8 Å². The van der Waals surface area contributed by atoms with Gasteiger partial charge in [0.15, 0.2) is 0 Å². The smallest absolute Gasteiger partial charge is 0.264 e. The number of hydrogen-bond donors (Lipinski definition) is 1. The molecular weight excluding hydrogens is 420 g/mol. The number of anilines is 1. The van der Waals surface area contributed by atoms with Crippen LogP contribution in [-0.4, -0.2) is 26.9 Å². The maximum atomic E-state index is 13.4. The number of rotatable bonds is 6. The number of carbonyl (C=O) groups excluding carboxylic acids is 1. The monoisotopic (exact) mass is 446 g/mol. The summed E-state index contributed by atoms with van der Waals surface area (Å²) in [6.45, 7) is 3.48. The number of benzene rings is 2. The van der Waals surface area contributed by atoms with Crippen LogP contribution in [0.4, 0.5) is 5.69 Å². The SMILES string of the molecule is Cc1ccc(S(=O)(=O)N(CC(=O)N[C@@H]2C[C@@H]3CC[C@@H]2C3)c2ccc(C)c(Cl)c2)cc1. The lowest BCUT2D eigenvalue weighted by molar-refractivity contribution is -0.120. The van der Waals surface area contributed by atoms with E-state index in [4.69, 9.17) is 11.6 Å². The molecule has 2 saturated carbocycles. The van der Waals surface area contributed by atoms with Crippen molar-refractivity contribution in [3.63, 3.8) is 0 Å². The normalized spacial score (nSPS) is 22.8. The van der Waals surface area contributed by atoms with E-state index in [9.17, 15) is 13.2 Å². The van der Waals surface area contributed by atoms with Crippen molar-refractivity contribution in [3.8, 4) is 0 Å². The Morgan fingerprint density at radius 2 is 1.83 bits per heavy atom. The number of amides is 1. The minimum absolute atomic E-state index is 0.150. The highest BCUT2D eigenvalue weighted by Gasteiger charge is 2.40. The van der Waals surface area contributed by atoms with Crippen LogP contribution in [0.5, 0.6) is 0 Å². The first-order chi connectivity index (χ1) is 14.2. The van der Waals surface area contributed by atoms with Gasteiger partial charge in [-0.2, -0.15) is 0 Å². The molecule has 1 N–H and O–H groups in total. The zero-order valence-electron chi connectivity index (χ0n) is 17.3. The number of carbonyl (C=O) groups is 1. The Bertz CT molecular complexity index is 1050. The van der Waals surface area contributed by atoms with Crippen molar-refractivity contribution < 1.29 is 13.2 Å². The van der Waals surface area contributed by atoms with Crippen molar-refractivity contribution in [2.75, 3.05) is 10.8 Å². The summed E-state index contributed by atoms with van der Waals surface area (Å²) < 4.78 is 28.0. The highest BCUT2D eigenvalue weighted by Crippen LogP contribution is 2.44. The topological polar surface area (TPSA) is 66.5 Å². The zero-order valence-corrected chi connectivity index (χ0v) is 18.8. The second kappa shape index (κ2) is 8.23. The Morgan fingerprint density at radius 3 is 2.43 bits per heavy atom. The molecule has 0 heterocycles. The molecule has 0 spiro atoms. The molecule has 30 heavy (non-hydrogen) atoms. The fraction of sp³-hybridized carbons (Fsp3) is 0.435. The second-order valence-electron chi connectivity index (χ2n) is 8.61. The average Bonchev–Trinajstić information content (AvgIpc) is 3.32. The second-order valence-corrected chi connectivity index (χ2v) is 10.9. The molecule has 0 aromatic heterocycles. The van der Waals surface area contributed by atoms with Crippen LogP contribution in [0, 0.1) is 25.7 Å². The minimum atomic E-state index is -3.93. The summed E-state index contributed by atoms with van der Waals surface area (Å²) >= 11 is 6.27. The van der Waals surface area contributed by atoms with Crippen molar-refractivity contribution in [1.29, 1.82) is 0 Å². The molecule has 3 atom stereocenters. The van der Waals surface area contributed by atoms with Gasteiger partial charge in [-0.15, -0.1) is 0 Å². The van der Waals surface area contributed by atoms with Crippen molar-refractivity contribution in [3.05, 3.63) is 58.6 Å². The van der Waals surface area contributed by atoms with Crippen LogP contribution < -0.4 is 9.62 Å². The van der Waals surface area contributed by atoms with Gasteiger partial charge in [-0.3, -0.25) is 9.10 Å². The average molecular weight is 447 g/mol. The van der Waals surface area contributed by atoms with Gasteiger partial charge < -0.3 is 5.32 Å². The third-order valence-corrected chi connectivity index (χ3v) is 8.62. The highest BCUT2D eigenvalue weighted by molar-refractivity contribution is 7.92. The maximum Gasteiger partial charge on any atom is 0.264 e. The molecule has 0 unspecified atom stereocenters.